The van der Waals surface area contributed by atoms with Gasteiger partial charge in [-0.2, -0.15) is 0 Å². The van der Waals surface area contributed by atoms with Gasteiger partial charge in [-0.1, -0.05) is 25.4 Å². The maximum Gasteiger partial charge on any atom is 0.255 e. The molecule has 1 atom stereocenters. The molecule has 0 N–H and O–H groups in total. The Balaban J connectivity index is 1.94. The number of benzene rings is 1. The molecule has 0 bridgehead atoms. The standard InChI is InChI=1S/C17H21ClN2O4S/c1-11-5-7-19(8-6-11)17(22)14-9-13(3-4-15(14)18)20-16(21)12(2)10-25(20,23)24/h3-4,9,11-12H,5-8,10H2,1-2H3. The van der Waals surface area contributed by atoms with Crippen molar-refractivity contribution in [3.8, 4) is 0 Å². The molecule has 1 aromatic carbocycles. The van der Waals surface area contributed by atoms with Crippen LogP contribution < -0.4 is 4.31 Å². The number of sulfonamides is 1. The van der Waals surface area contributed by atoms with E-state index < -0.39 is 21.8 Å². The Labute approximate surface area is 152 Å². The van der Waals surface area contributed by atoms with Crippen LogP contribution in [0.2, 0.25) is 5.02 Å². The number of carbonyl (C=O) groups is 2. The van der Waals surface area contributed by atoms with Crippen LogP contribution in [0.5, 0.6) is 0 Å². The minimum Gasteiger partial charge on any atom is -0.339 e. The molecule has 0 aromatic heterocycles. The van der Waals surface area contributed by atoms with Gasteiger partial charge in [-0.3, -0.25) is 9.59 Å². The molecule has 2 heterocycles. The van der Waals surface area contributed by atoms with Gasteiger partial charge in [0.1, 0.15) is 0 Å². The zero-order valence-corrected chi connectivity index (χ0v) is 15.8. The Morgan fingerprint density at radius 2 is 1.84 bits per heavy atom. The quantitative estimate of drug-likeness (QED) is 0.785. The van der Waals surface area contributed by atoms with E-state index in [2.05, 4.69) is 6.92 Å². The molecule has 0 aliphatic carbocycles. The molecule has 1 aromatic rings. The average Bonchev–Trinajstić information content (AvgIpc) is 2.76. The Morgan fingerprint density at radius 3 is 2.40 bits per heavy atom. The number of nitrogens with zero attached hydrogens (tertiary/aromatic N) is 2. The predicted molar refractivity (Wildman–Crippen MR) is 96.2 cm³/mol. The fourth-order valence-electron chi connectivity index (χ4n) is 3.27. The van der Waals surface area contributed by atoms with E-state index in [9.17, 15) is 18.0 Å². The van der Waals surface area contributed by atoms with E-state index in [1.807, 2.05) is 0 Å². The second kappa shape index (κ2) is 6.61. The largest absolute Gasteiger partial charge is 0.339 e. The van der Waals surface area contributed by atoms with Crippen LogP contribution in [0.4, 0.5) is 5.69 Å². The maximum atomic E-state index is 12.8. The van der Waals surface area contributed by atoms with E-state index in [1.54, 1.807) is 11.8 Å². The lowest BCUT2D eigenvalue weighted by Gasteiger charge is -2.30. The van der Waals surface area contributed by atoms with E-state index in [0.717, 1.165) is 17.1 Å². The molecule has 1 unspecified atom stereocenters. The zero-order chi connectivity index (χ0) is 18.4. The van der Waals surface area contributed by atoms with Crippen LogP contribution >= 0.6 is 11.6 Å². The van der Waals surface area contributed by atoms with Gasteiger partial charge in [0, 0.05) is 13.1 Å². The first-order valence-electron chi connectivity index (χ1n) is 8.36. The molecule has 25 heavy (non-hydrogen) atoms. The van der Waals surface area contributed by atoms with E-state index >= 15 is 0 Å². The van der Waals surface area contributed by atoms with Gasteiger partial charge in [0.05, 0.1) is 27.9 Å². The smallest absolute Gasteiger partial charge is 0.255 e. The summed E-state index contributed by atoms with van der Waals surface area (Å²) >= 11 is 6.18. The highest BCUT2D eigenvalue weighted by Crippen LogP contribution is 2.32. The number of likely N-dealkylation sites (tertiary alicyclic amines) is 1. The Morgan fingerprint density at radius 1 is 1.20 bits per heavy atom. The third-order valence-electron chi connectivity index (χ3n) is 4.85. The lowest BCUT2D eigenvalue weighted by molar-refractivity contribution is -0.119. The number of hydrogen-bond donors (Lipinski definition) is 0. The minimum atomic E-state index is -3.71. The number of halogens is 1. The number of hydrogen-bond acceptors (Lipinski definition) is 4. The Bertz CT molecular complexity index is 816. The topological polar surface area (TPSA) is 74.8 Å². The van der Waals surface area contributed by atoms with Crippen LogP contribution in [0.1, 0.15) is 37.0 Å². The molecule has 3 rings (SSSR count). The number of anilines is 1. The minimum absolute atomic E-state index is 0.174. The van der Waals surface area contributed by atoms with Crippen molar-refractivity contribution in [2.75, 3.05) is 23.1 Å². The highest BCUT2D eigenvalue weighted by atomic mass is 35.5. The third kappa shape index (κ3) is 3.40. The van der Waals surface area contributed by atoms with Crippen LogP contribution in [-0.4, -0.2) is 44.0 Å². The van der Waals surface area contributed by atoms with Crippen molar-refractivity contribution in [1.29, 1.82) is 0 Å². The maximum absolute atomic E-state index is 12.8. The molecule has 0 radical (unpaired) electrons. The van der Waals surface area contributed by atoms with Gasteiger partial charge in [0.25, 0.3) is 5.91 Å². The summed E-state index contributed by atoms with van der Waals surface area (Å²) in [5.74, 6) is -0.937. The first-order valence-corrected chi connectivity index (χ1v) is 10.3. The van der Waals surface area contributed by atoms with E-state index in [1.165, 1.54) is 18.2 Å². The summed E-state index contributed by atoms with van der Waals surface area (Å²) in [6, 6.07) is 4.35. The van der Waals surface area contributed by atoms with Gasteiger partial charge in [-0.25, -0.2) is 12.7 Å². The van der Waals surface area contributed by atoms with Crippen LogP contribution in [0, 0.1) is 11.8 Å². The van der Waals surface area contributed by atoms with E-state index in [-0.39, 0.29) is 27.9 Å². The summed E-state index contributed by atoms with van der Waals surface area (Å²) in [7, 11) is -3.71. The Kier molecular flexibility index (Phi) is 4.81. The molecular formula is C17H21ClN2O4S. The van der Waals surface area contributed by atoms with Crippen molar-refractivity contribution in [3.63, 3.8) is 0 Å². The zero-order valence-electron chi connectivity index (χ0n) is 14.2. The van der Waals surface area contributed by atoms with Crippen LogP contribution in [-0.2, 0) is 14.8 Å². The lowest BCUT2D eigenvalue weighted by Crippen LogP contribution is -2.38. The monoisotopic (exact) mass is 384 g/mol. The molecule has 136 valence electrons. The Hall–Kier alpha value is -1.60. The van der Waals surface area contributed by atoms with Gasteiger partial charge < -0.3 is 4.90 Å². The van der Waals surface area contributed by atoms with Gasteiger partial charge in [0.2, 0.25) is 15.9 Å². The predicted octanol–water partition coefficient (Wildman–Crippen LogP) is 2.52. The highest BCUT2D eigenvalue weighted by Gasteiger charge is 2.42. The van der Waals surface area contributed by atoms with Crippen LogP contribution in [0.25, 0.3) is 0 Å². The number of amides is 2. The van der Waals surface area contributed by atoms with Crippen molar-refractivity contribution >= 4 is 39.1 Å². The second-order valence-electron chi connectivity index (χ2n) is 6.92. The lowest BCUT2D eigenvalue weighted by atomic mass is 9.98. The van der Waals surface area contributed by atoms with Crippen molar-refractivity contribution in [2.24, 2.45) is 11.8 Å². The first kappa shape index (κ1) is 18.2. The summed E-state index contributed by atoms with van der Waals surface area (Å²) in [5.41, 5.74) is 0.406. The molecule has 0 spiro atoms. The average molecular weight is 385 g/mol. The molecular weight excluding hydrogens is 364 g/mol. The fraction of sp³-hybridized carbons (Fsp3) is 0.529. The summed E-state index contributed by atoms with van der Waals surface area (Å²) in [6.07, 6.45) is 1.86. The molecule has 2 fully saturated rings. The van der Waals surface area contributed by atoms with Crippen molar-refractivity contribution in [2.45, 2.75) is 26.7 Å². The summed E-state index contributed by atoms with van der Waals surface area (Å²) in [5, 5.41) is 0.254. The van der Waals surface area contributed by atoms with E-state index in [4.69, 9.17) is 11.6 Å². The molecule has 0 saturated carbocycles. The number of rotatable bonds is 2. The number of carbonyl (C=O) groups excluding carboxylic acids is 2. The molecule has 2 aliphatic heterocycles. The van der Waals surface area contributed by atoms with E-state index in [0.29, 0.717) is 19.0 Å². The fourth-order valence-corrected chi connectivity index (χ4v) is 5.28. The first-order chi connectivity index (χ1) is 11.7. The third-order valence-corrected chi connectivity index (χ3v) is 7.04. The highest BCUT2D eigenvalue weighted by molar-refractivity contribution is 7.94. The van der Waals surface area contributed by atoms with Crippen molar-refractivity contribution < 1.29 is 18.0 Å². The van der Waals surface area contributed by atoms with Crippen molar-refractivity contribution in [3.05, 3.63) is 28.8 Å². The van der Waals surface area contributed by atoms with Gasteiger partial charge >= 0.3 is 0 Å². The summed E-state index contributed by atoms with van der Waals surface area (Å²) in [6.45, 7) is 5.04. The number of piperidine rings is 1. The summed E-state index contributed by atoms with van der Waals surface area (Å²) < 4.78 is 25.3. The van der Waals surface area contributed by atoms with Gasteiger partial charge in [0.15, 0.2) is 0 Å². The molecule has 2 amide bonds. The van der Waals surface area contributed by atoms with Crippen LogP contribution in [0.15, 0.2) is 18.2 Å². The van der Waals surface area contributed by atoms with Crippen molar-refractivity contribution in [1.82, 2.24) is 4.90 Å². The SMILES string of the molecule is CC1CCN(C(=O)c2cc(N3C(=O)C(C)CS3(=O)=O)ccc2Cl)CC1. The second-order valence-corrected chi connectivity index (χ2v) is 9.19. The van der Waals surface area contributed by atoms with Gasteiger partial charge in [-0.05, 0) is 37.0 Å². The molecule has 8 heteroatoms. The summed E-state index contributed by atoms with van der Waals surface area (Å²) in [4.78, 5) is 26.8. The molecule has 6 nitrogen and oxygen atoms in total. The normalized spacial score (nSPS) is 24.0. The van der Waals surface area contributed by atoms with Crippen LogP contribution in [0.3, 0.4) is 0 Å². The molecule has 2 saturated heterocycles. The molecule has 2 aliphatic rings. The van der Waals surface area contributed by atoms with Gasteiger partial charge in [-0.15, -0.1) is 0 Å².